The van der Waals surface area contributed by atoms with Crippen LogP contribution in [-0.2, 0) is 9.59 Å². The van der Waals surface area contributed by atoms with Crippen LogP contribution in [0.2, 0.25) is 0 Å². The molecule has 1 amide bonds. The highest BCUT2D eigenvalue weighted by Crippen LogP contribution is 2.35. The van der Waals surface area contributed by atoms with E-state index in [1.165, 1.54) is 0 Å². The summed E-state index contributed by atoms with van der Waals surface area (Å²) in [6.07, 6.45) is 1.22. The number of ether oxygens (including phenoxy) is 1. The maximum atomic E-state index is 12.2. The van der Waals surface area contributed by atoms with Crippen LogP contribution in [0.15, 0.2) is 18.2 Å². The molecule has 3 atom stereocenters. The van der Waals surface area contributed by atoms with Gasteiger partial charge in [-0.25, -0.2) is 0 Å². The Morgan fingerprint density at radius 1 is 1.33 bits per heavy atom. The van der Waals surface area contributed by atoms with Crippen molar-refractivity contribution in [1.29, 1.82) is 0 Å². The lowest BCUT2D eigenvalue weighted by Gasteiger charge is -2.33. The number of methoxy groups -OCH3 is 1. The van der Waals surface area contributed by atoms with Crippen LogP contribution in [0, 0.1) is 18.8 Å². The standard InChI is InChI=1S/C16H21NO4/c1-9-4-7-14(21-3)13(8-9)10(2)17-15(18)11-5-6-12(11)16(19)20/h4,7-8,10-12H,5-6H2,1-3H3,(H,17,18)(H,19,20). The van der Waals surface area contributed by atoms with Crippen molar-refractivity contribution in [2.75, 3.05) is 7.11 Å². The zero-order valence-corrected chi connectivity index (χ0v) is 12.6. The number of amides is 1. The van der Waals surface area contributed by atoms with E-state index in [0.29, 0.717) is 12.8 Å². The number of aliphatic carboxylic acids is 1. The van der Waals surface area contributed by atoms with Crippen molar-refractivity contribution in [3.8, 4) is 5.75 Å². The number of nitrogens with one attached hydrogen (secondary N) is 1. The Morgan fingerprint density at radius 3 is 2.52 bits per heavy atom. The molecule has 0 spiro atoms. The van der Waals surface area contributed by atoms with Gasteiger partial charge in [0.15, 0.2) is 0 Å². The minimum absolute atomic E-state index is 0.190. The summed E-state index contributed by atoms with van der Waals surface area (Å²) in [6, 6.07) is 5.57. The van der Waals surface area contributed by atoms with Gasteiger partial charge in [0.05, 0.1) is 25.0 Å². The van der Waals surface area contributed by atoms with Crippen LogP contribution in [0.4, 0.5) is 0 Å². The molecule has 0 aromatic heterocycles. The van der Waals surface area contributed by atoms with E-state index in [-0.39, 0.29) is 11.9 Å². The largest absolute Gasteiger partial charge is 0.496 e. The first kappa shape index (κ1) is 15.4. The van der Waals surface area contributed by atoms with Crippen LogP contribution in [0.25, 0.3) is 0 Å². The molecular weight excluding hydrogens is 270 g/mol. The predicted molar refractivity (Wildman–Crippen MR) is 78.1 cm³/mol. The number of carboxylic acids is 1. The van der Waals surface area contributed by atoms with Gasteiger partial charge < -0.3 is 15.2 Å². The Labute approximate surface area is 124 Å². The van der Waals surface area contributed by atoms with E-state index in [9.17, 15) is 9.59 Å². The number of rotatable bonds is 5. The molecule has 21 heavy (non-hydrogen) atoms. The van der Waals surface area contributed by atoms with Gasteiger partial charge in [-0.2, -0.15) is 0 Å². The maximum Gasteiger partial charge on any atom is 0.307 e. The monoisotopic (exact) mass is 291 g/mol. The van der Waals surface area contributed by atoms with Crippen molar-refractivity contribution in [2.24, 2.45) is 11.8 Å². The molecule has 0 aliphatic heterocycles. The zero-order valence-electron chi connectivity index (χ0n) is 12.6. The summed E-state index contributed by atoms with van der Waals surface area (Å²) in [5, 5.41) is 11.9. The Balaban J connectivity index is 2.08. The number of hydrogen-bond acceptors (Lipinski definition) is 3. The van der Waals surface area contributed by atoms with Crippen LogP contribution in [0.1, 0.15) is 36.9 Å². The number of aryl methyl sites for hydroxylation is 1. The highest BCUT2D eigenvalue weighted by molar-refractivity contribution is 5.86. The normalized spacial score (nSPS) is 22.0. The fourth-order valence-electron chi connectivity index (χ4n) is 2.70. The lowest BCUT2D eigenvalue weighted by molar-refractivity contribution is -0.152. The van der Waals surface area contributed by atoms with Gasteiger partial charge in [0.25, 0.3) is 0 Å². The Kier molecular flexibility index (Phi) is 4.50. The second-order valence-electron chi connectivity index (χ2n) is 5.60. The van der Waals surface area contributed by atoms with Gasteiger partial charge >= 0.3 is 5.97 Å². The molecule has 5 nitrogen and oxygen atoms in total. The van der Waals surface area contributed by atoms with E-state index >= 15 is 0 Å². The Morgan fingerprint density at radius 2 is 2.00 bits per heavy atom. The van der Waals surface area contributed by atoms with Gasteiger partial charge in [-0.1, -0.05) is 17.7 Å². The number of carboxylic acid groups (broad SMARTS) is 1. The minimum atomic E-state index is -0.887. The molecular formula is C16H21NO4. The highest BCUT2D eigenvalue weighted by atomic mass is 16.5. The second kappa shape index (κ2) is 6.16. The summed E-state index contributed by atoms with van der Waals surface area (Å²) in [5.41, 5.74) is 1.98. The van der Waals surface area contributed by atoms with Crippen LogP contribution >= 0.6 is 0 Å². The van der Waals surface area contributed by atoms with Crippen molar-refractivity contribution in [2.45, 2.75) is 32.7 Å². The lowest BCUT2D eigenvalue weighted by atomic mass is 9.73. The molecule has 5 heteroatoms. The molecule has 1 aliphatic rings. The molecule has 2 rings (SSSR count). The van der Waals surface area contributed by atoms with Gasteiger partial charge in [0, 0.05) is 5.56 Å². The van der Waals surface area contributed by atoms with Crippen molar-refractivity contribution >= 4 is 11.9 Å². The highest BCUT2D eigenvalue weighted by Gasteiger charge is 2.41. The van der Waals surface area contributed by atoms with Crippen molar-refractivity contribution in [3.63, 3.8) is 0 Å². The third-order valence-corrected chi connectivity index (χ3v) is 4.14. The topological polar surface area (TPSA) is 75.6 Å². The van der Waals surface area contributed by atoms with Crippen molar-refractivity contribution in [3.05, 3.63) is 29.3 Å². The number of carbonyl (C=O) groups excluding carboxylic acids is 1. The van der Waals surface area contributed by atoms with Crippen LogP contribution in [0.5, 0.6) is 5.75 Å². The SMILES string of the molecule is COc1ccc(C)cc1C(C)NC(=O)C1CCC1C(=O)O. The third-order valence-electron chi connectivity index (χ3n) is 4.14. The molecule has 2 N–H and O–H groups in total. The number of carbonyl (C=O) groups is 2. The average molecular weight is 291 g/mol. The van der Waals surface area contributed by atoms with Crippen molar-refractivity contribution < 1.29 is 19.4 Å². The predicted octanol–water partition coefficient (Wildman–Crippen LogP) is 2.29. The first-order chi connectivity index (χ1) is 9.93. The summed E-state index contributed by atoms with van der Waals surface area (Å²) in [6.45, 7) is 3.85. The summed E-state index contributed by atoms with van der Waals surface area (Å²) >= 11 is 0. The molecule has 0 bridgehead atoms. The van der Waals surface area contributed by atoms with Gasteiger partial charge in [0.2, 0.25) is 5.91 Å². The van der Waals surface area contributed by atoms with Crippen LogP contribution in [0.3, 0.4) is 0 Å². The zero-order chi connectivity index (χ0) is 15.6. The summed E-state index contributed by atoms with van der Waals surface area (Å²) < 4.78 is 5.32. The number of hydrogen-bond donors (Lipinski definition) is 2. The van der Waals surface area contributed by atoms with Crippen molar-refractivity contribution in [1.82, 2.24) is 5.32 Å². The molecule has 0 heterocycles. The maximum absolute atomic E-state index is 12.2. The molecule has 1 aromatic rings. The third kappa shape index (κ3) is 3.17. The number of benzene rings is 1. The van der Waals surface area contributed by atoms with E-state index in [0.717, 1.165) is 16.9 Å². The molecule has 114 valence electrons. The molecule has 1 saturated carbocycles. The van der Waals surface area contributed by atoms with Gasteiger partial charge in [0.1, 0.15) is 5.75 Å². The Hall–Kier alpha value is -2.04. The lowest BCUT2D eigenvalue weighted by Crippen LogP contribution is -2.44. The summed E-state index contributed by atoms with van der Waals surface area (Å²) in [7, 11) is 1.59. The van der Waals surface area contributed by atoms with Crippen LogP contribution < -0.4 is 10.1 Å². The van der Waals surface area contributed by atoms with Gasteiger partial charge in [-0.3, -0.25) is 9.59 Å². The fourth-order valence-corrected chi connectivity index (χ4v) is 2.70. The van der Waals surface area contributed by atoms with E-state index < -0.39 is 17.8 Å². The van der Waals surface area contributed by atoms with E-state index in [4.69, 9.17) is 9.84 Å². The fraction of sp³-hybridized carbons (Fsp3) is 0.500. The molecule has 1 fully saturated rings. The van der Waals surface area contributed by atoms with Gasteiger partial charge in [-0.15, -0.1) is 0 Å². The first-order valence-corrected chi connectivity index (χ1v) is 7.11. The molecule has 1 aliphatic carbocycles. The molecule has 0 saturated heterocycles. The van der Waals surface area contributed by atoms with E-state index in [1.54, 1.807) is 7.11 Å². The van der Waals surface area contributed by atoms with Crippen LogP contribution in [-0.4, -0.2) is 24.1 Å². The molecule has 0 radical (unpaired) electrons. The first-order valence-electron chi connectivity index (χ1n) is 7.11. The Bertz CT molecular complexity index is 555. The van der Waals surface area contributed by atoms with E-state index in [2.05, 4.69) is 5.32 Å². The van der Waals surface area contributed by atoms with Gasteiger partial charge in [-0.05, 0) is 32.8 Å². The summed E-state index contributed by atoms with van der Waals surface area (Å²) in [5.74, 6) is -1.32. The van der Waals surface area contributed by atoms with E-state index in [1.807, 2.05) is 32.0 Å². The summed E-state index contributed by atoms with van der Waals surface area (Å²) in [4.78, 5) is 23.2. The average Bonchev–Trinajstić information content (AvgIpc) is 2.36. The smallest absolute Gasteiger partial charge is 0.307 e. The molecule has 3 unspecified atom stereocenters. The quantitative estimate of drug-likeness (QED) is 0.872. The second-order valence-corrected chi connectivity index (χ2v) is 5.60. The minimum Gasteiger partial charge on any atom is -0.496 e. The molecule has 1 aromatic carbocycles.